The molecule has 6 heteroatoms. The molecule has 1 heterocycles. The van der Waals surface area contributed by atoms with Gasteiger partial charge in [-0.05, 0) is 12.1 Å². The van der Waals surface area contributed by atoms with E-state index < -0.39 is 5.91 Å². The van der Waals surface area contributed by atoms with Crippen LogP contribution in [0.25, 0.3) is 11.4 Å². The third-order valence-corrected chi connectivity index (χ3v) is 2.14. The van der Waals surface area contributed by atoms with Crippen LogP contribution in [0.4, 0.5) is 4.39 Å². The standard InChI is InChI=1S/C11H10FN3O2/c12-8-3-1-2-7(6-8)11-14-10(17-15-11)5-4-9(13)16/h1-3,6H,4-5H2,(H2,13,16). The number of nitrogens with zero attached hydrogens (tertiary/aromatic N) is 2. The highest BCUT2D eigenvalue weighted by Crippen LogP contribution is 2.16. The molecule has 0 radical (unpaired) electrons. The Kier molecular flexibility index (Phi) is 3.13. The predicted octanol–water partition coefficient (Wildman–Crippen LogP) is 1.29. The number of aromatic nitrogens is 2. The number of amides is 1. The number of aryl methyl sites for hydroxylation is 1. The Morgan fingerprint density at radius 1 is 1.47 bits per heavy atom. The molecule has 5 nitrogen and oxygen atoms in total. The minimum atomic E-state index is -0.435. The summed E-state index contributed by atoms with van der Waals surface area (Å²) in [6.45, 7) is 0. The second-order valence-electron chi connectivity index (χ2n) is 3.49. The van der Waals surface area contributed by atoms with Gasteiger partial charge in [0.2, 0.25) is 17.6 Å². The second kappa shape index (κ2) is 4.73. The van der Waals surface area contributed by atoms with Crippen molar-refractivity contribution in [1.82, 2.24) is 10.1 Å². The van der Waals surface area contributed by atoms with Crippen LogP contribution >= 0.6 is 0 Å². The summed E-state index contributed by atoms with van der Waals surface area (Å²) in [5.41, 5.74) is 5.53. The van der Waals surface area contributed by atoms with E-state index in [0.717, 1.165) is 0 Å². The number of rotatable bonds is 4. The SMILES string of the molecule is NC(=O)CCc1nc(-c2cccc(F)c2)no1. The monoisotopic (exact) mass is 235 g/mol. The average Bonchev–Trinajstić information content (AvgIpc) is 2.75. The van der Waals surface area contributed by atoms with Gasteiger partial charge < -0.3 is 10.3 Å². The lowest BCUT2D eigenvalue weighted by molar-refractivity contribution is -0.118. The number of carbonyl (C=O) groups is 1. The van der Waals surface area contributed by atoms with Crippen molar-refractivity contribution in [3.8, 4) is 11.4 Å². The van der Waals surface area contributed by atoms with Crippen LogP contribution in [0.2, 0.25) is 0 Å². The summed E-state index contributed by atoms with van der Waals surface area (Å²) < 4.78 is 17.9. The van der Waals surface area contributed by atoms with Crippen LogP contribution in [0.15, 0.2) is 28.8 Å². The van der Waals surface area contributed by atoms with Crippen molar-refractivity contribution < 1.29 is 13.7 Å². The smallest absolute Gasteiger partial charge is 0.227 e. The van der Waals surface area contributed by atoms with Gasteiger partial charge in [0.25, 0.3) is 0 Å². The van der Waals surface area contributed by atoms with Gasteiger partial charge in [0.1, 0.15) is 5.82 Å². The Morgan fingerprint density at radius 3 is 3.00 bits per heavy atom. The first-order valence-electron chi connectivity index (χ1n) is 5.02. The molecule has 2 rings (SSSR count). The van der Waals surface area contributed by atoms with Gasteiger partial charge in [-0.1, -0.05) is 17.3 Å². The average molecular weight is 235 g/mol. The maximum Gasteiger partial charge on any atom is 0.227 e. The van der Waals surface area contributed by atoms with Crippen LogP contribution in [-0.2, 0) is 11.2 Å². The van der Waals surface area contributed by atoms with Crippen molar-refractivity contribution in [2.24, 2.45) is 5.73 Å². The van der Waals surface area contributed by atoms with Crippen molar-refractivity contribution in [2.75, 3.05) is 0 Å². The van der Waals surface area contributed by atoms with E-state index in [9.17, 15) is 9.18 Å². The molecule has 88 valence electrons. The first-order chi connectivity index (χ1) is 8.15. The van der Waals surface area contributed by atoms with Crippen LogP contribution in [0, 0.1) is 5.82 Å². The normalized spacial score (nSPS) is 10.4. The summed E-state index contributed by atoms with van der Waals surface area (Å²) in [5.74, 6) is -0.200. The fourth-order valence-electron chi connectivity index (χ4n) is 1.33. The van der Waals surface area contributed by atoms with Crippen molar-refractivity contribution in [1.29, 1.82) is 0 Å². The van der Waals surface area contributed by atoms with E-state index in [-0.39, 0.29) is 18.7 Å². The molecule has 1 aromatic carbocycles. The van der Waals surface area contributed by atoms with E-state index in [1.807, 2.05) is 0 Å². The molecule has 1 amide bonds. The Morgan fingerprint density at radius 2 is 2.29 bits per heavy atom. The lowest BCUT2D eigenvalue weighted by atomic mass is 10.2. The molecule has 0 spiro atoms. The summed E-state index contributed by atoms with van der Waals surface area (Å²) in [6.07, 6.45) is 0.433. The molecule has 17 heavy (non-hydrogen) atoms. The molecule has 0 aliphatic carbocycles. The first-order valence-corrected chi connectivity index (χ1v) is 5.02. The van der Waals surface area contributed by atoms with Crippen molar-refractivity contribution >= 4 is 5.91 Å². The van der Waals surface area contributed by atoms with Gasteiger partial charge in [-0.2, -0.15) is 4.98 Å². The minimum Gasteiger partial charge on any atom is -0.370 e. The topological polar surface area (TPSA) is 82.0 Å². The highest BCUT2D eigenvalue weighted by Gasteiger charge is 2.09. The van der Waals surface area contributed by atoms with Crippen molar-refractivity contribution in [3.05, 3.63) is 36.0 Å². The minimum absolute atomic E-state index is 0.144. The first kappa shape index (κ1) is 11.3. The summed E-state index contributed by atoms with van der Waals surface area (Å²) in [6, 6.07) is 5.87. The molecule has 0 aliphatic rings. The van der Waals surface area contributed by atoms with Crippen LogP contribution < -0.4 is 5.73 Å². The van der Waals surface area contributed by atoms with Crippen molar-refractivity contribution in [2.45, 2.75) is 12.8 Å². The summed E-state index contributed by atoms with van der Waals surface area (Å²) in [4.78, 5) is 14.6. The fraction of sp³-hybridized carbons (Fsp3) is 0.182. The van der Waals surface area contributed by atoms with E-state index in [2.05, 4.69) is 10.1 Å². The summed E-state index contributed by atoms with van der Waals surface area (Å²) in [7, 11) is 0. The lowest BCUT2D eigenvalue weighted by Crippen LogP contribution is -2.11. The number of carbonyl (C=O) groups excluding carboxylic acids is 1. The maximum absolute atomic E-state index is 13.0. The number of nitrogens with two attached hydrogens (primary N) is 1. The van der Waals surface area contributed by atoms with Gasteiger partial charge in [0, 0.05) is 18.4 Å². The molecule has 0 bridgehead atoms. The zero-order valence-electron chi connectivity index (χ0n) is 8.89. The van der Waals surface area contributed by atoms with Gasteiger partial charge in [-0.25, -0.2) is 4.39 Å². The number of primary amides is 1. The van der Waals surface area contributed by atoms with Gasteiger partial charge >= 0.3 is 0 Å². The number of benzene rings is 1. The molecular weight excluding hydrogens is 225 g/mol. The second-order valence-corrected chi connectivity index (χ2v) is 3.49. The molecule has 2 aromatic rings. The number of halogens is 1. The largest absolute Gasteiger partial charge is 0.370 e. The quantitative estimate of drug-likeness (QED) is 0.865. The number of hydrogen-bond acceptors (Lipinski definition) is 4. The Labute approximate surface area is 96.4 Å². The summed E-state index contributed by atoms with van der Waals surface area (Å²) in [5, 5.41) is 3.70. The zero-order valence-corrected chi connectivity index (χ0v) is 8.89. The molecule has 0 aliphatic heterocycles. The van der Waals surface area contributed by atoms with E-state index in [4.69, 9.17) is 10.3 Å². The molecule has 0 atom stereocenters. The summed E-state index contributed by atoms with van der Waals surface area (Å²) >= 11 is 0. The van der Waals surface area contributed by atoms with Crippen molar-refractivity contribution in [3.63, 3.8) is 0 Å². The van der Waals surface area contributed by atoms with E-state index in [0.29, 0.717) is 17.3 Å². The van der Waals surface area contributed by atoms with E-state index >= 15 is 0 Å². The van der Waals surface area contributed by atoms with Crippen LogP contribution in [0.1, 0.15) is 12.3 Å². The molecule has 1 aromatic heterocycles. The van der Waals surface area contributed by atoms with Crippen LogP contribution in [0.5, 0.6) is 0 Å². The van der Waals surface area contributed by atoms with Crippen LogP contribution in [-0.4, -0.2) is 16.0 Å². The Bertz CT molecular complexity index is 539. The van der Waals surface area contributed by atoms with E-state index in [1.54, 1.807) is 12.1 Å². The predicted molar refractivity (Wildman–Crippen MR) is 57.2 cm³/mol. The molecular formula is C11H10FN3O2. The molecule has 0 fully saturated rings. The van der Waals surface area contributed by atoms with Gasteiger partial charge in [0.15, 0.2) is 0 Å². The van der Waals surface area contributed by atoms with Crippen LogP contribution in [0.3, 0.4) is 0 Å². The third-order valence-electron chi connectivity index (χ3n) is 2.14. The highest BCUT2D eigenvalue weighted by atomic mass is 19.1. The van der Waals surface area contributed by atoms with Gasteiger partial charge in [-0.15, -0.1) is 0 Å². The van der Waals surface area contributed by atoms with E-state index in [1.165, 1.54) is 12.1 Å². The fourth-order valence-corrected chi connectivity index (χ4v) is 1.33. The van der Waals surface area contributed by atoms with Gasteiger partial charge in [0.05, 0.1) is 0 Å². The molecule has 0 unspecified atom stereocenters. The Balaban J connectivity index is 2.15. The third kappa shape index (κ3) is 2.87. The highest BCUT2D eigenvalue weighted by molar-refractivity contribution is 5.73. The zero-order chi connectivity index (χ0) is 12.3. The van der Waals surface area contributed by atoms with Gasteiger partial charge in [-0.3, -0.25) is 4.79 Å². The number of hydrogen-bond donors (Lipinski definition) is 1. The molecule has 0 saturated carbocycles. The molecule has 0 saturated heterocycles. The molecule has 2 N–H and O–H groups in total. The maximum atomic E-state index is 13.0. The Hall–Kier alpha value is -2.24. The lowest BCUT2D eigenvalue weighted by Gasteiger charge is -1.93.